The Labute approximate surface area is 225 Å². The number of unbranched alkanes of at least 4 members (excludes halogenated alkanes) is 5. The van der Waals surface area contributed by atoms with Crippen LogP contribution in [0.25, 0.3) is 10.9 Å². The largest absolute Gasteiger partial charge is 0.508 e. The first-order chi connectivity index (χ1) is 17.0. The van der Waals surface area contributed by atoms with Crippen molar-refractivity contribution in [2.75, 3.05) is 26.2 Å². The minimum atomic E-state index is 0. The maximum atomic E-state index is 14.2. The molecule has 5 nitrogen and oxygen atoms in total. The number of carbonyl (C=O) groups excluding carboxylic acids is 1. The molecule has 1 N–H and O–H groups in total. The van der Waals surface area contributed by atoms with Gasteiger partial charge in [0, 0.05) is 48.3 Å². The van der Waals surface area contributed by atoms with Crippen molar-refractivity contribution >= 4 is 29.2 Å². The molecule has 2 heterocycles. The molecule has 2 aromatic rings. The fourth-order valence-corrected chi connectivity index (χ4v) is 5.54. The van der Waals surface area contributed by atoms with E-state index in [9.17, 15) is 9.90 Å². The van der Waals surface area contributed by atoms with Gasteiger partial charge in [-0.15, -0.1) is 12.4 Å². The summed E-state index contributed by atoms with van der Waals surface area (Å²) in [6.45, 7) is 14.1. The summed E-state index contributed by atoms with van der Waals surface area (Å²) in [6.07, 6.45) is 12.7. The molecule has 1 aromatic carbocycles. The third-order valence-corrected chi connectivity index (χ3v) is 7.70. The van der Waals surface area contributed by atoms with E-state index in [1.807, 2.05) is 12.1 Å². The van der Waals surface area contributed by atoms with E-state index in [-0.39, 0.29) is 18.3 Å². The minimum Gasteiger partial charge on any atom is -0.508 e. The molecule has 0 saturated carbocycles. The van der Waals surface area contributed by atoms with Crippen molar-refractivity contribution in [1.82, 2.24) is 14.4 Å². The summed E-state index contributed by atoms with van der Waals surface area (Å²) >= 11 is 0. The Kier molecular flexibility index (Phi) is 13.1. The molecule has 0 aliphatic carbocycles. The molecule has 1 saturated heterocycles. The number of amides is 1. The van der Waals surface area contributed by atoms with Crippen molar-refractivity contribution in [2.24, 2.45) is 0 Å². The highest BCUT2D eigenvalue weighted by Gasteiger charge is 2.28. The SMILES string of the molecule is CCCCCCn1c(C)c(C(=O)N(CCCC)CCCC)c2c(CN3CCCCC3)c(O)ccc21.Cl. The Morgan fingerprint density at radius 3 is 2.17 bits per heavy atom. The lowest BCUT2D eigenvalue weighted by Gasteiger charge is -2.27. The molecular formula is C30H50ClN3O2. The van der Waals surface area contributed by atoms with E-state index in [1.165, 1.54) is 38.5 Å². The molecule has 0 unspecified atom stereocenters. The fourth-order valence-electron chi connectivity index (χ4n) is 5.54. The zero-order valence-corrected chi connectivity index (χ0v) is 24.1. The first-order valence-corrected chi connectivity index (χ1v) is 14.4. The molecule has 6 heteroatoms. The van der Waals surface area contributed by atoms with Crippen molar-refractivity contribution in [3.05, 3.63) is 29.0 Å². The maximum absolute atomic E-state index is 14.2. The van der Waals surface area contributed by atoms with Crippen LogP contribution in [0.1, 0.15) is 113 Å². The monoisotopic (exact) mass is 519 g/mol. The van der Waals surface area contributed by atoms with Gasteiger partial charge in [-0.1, -0.05) is 59.3 Å². The lowest BCUT2D eigenvalue weighted by Crippen LogP contribution is -2.33. The molecule has 1 aliphatic heterocycles. The number of aromatic nitrogens is 1. The normalized spacial score (nSPS) is 14.2. The Morgan fingerprint density at radius 1 is 0.917 bits per heavy atom. The minimum absolute atomic E-state index is 0. The maximum Gasteiger partial charge on any atom is 0.256 e. The van der Waals surface area contributed by atoms with Crippen LogP contribution >= 0.6 is 12.4 Å². The average molecular weight is 520 g/mol. The number of benzene rings is 1. The van der Waals surface area contributed by atoms with E-state index in [4.69, 9.17) is 0 Å². The van der Waals surface area contributed by atoms with Gasteiger partial charge in [0.15, 0.2) is 0 Å². The molecule has 1 fully saturated rings. The smallest absolute Gasteiger partial charge is 0.256 e. The highest BCUT2D eigenvalue weighted by Crippen LogP contribution is 2.36. The lowest BCUT2D eigenvalue weighted by atomic mass is 10.0. The van der Waals surface area contributed by atoms with Crippen LogP contribution in [0.15, 0.2) is 12.1 Å². The Balaban J connectivity index is 0.00000456. The zero-order valence-electron chi connectivity index (χ0n) is 23.3. The van der Waals surface area contributed by atoms with Crippen LogP contribution in [0.4, 0.5) is 0 Å². The summed E-state index contributed by atoms with van der Waals surface area (Å²) in [5, 5.41) is 12.0. The molecule has 0 bridgehead atoms. The Hall–Kier alpha value is -1.72. The molecule has 3 rings (SSSR count). The number of piperidine rings is 1. The number of aryl methyl sites for hydroxylation is 1. The summed E-state index contributed by atoms with van der Waals surface area (Å²) in [7, 11) is 0. The van der Waals surface area contributed by atoms with Crippen LogP contribution in [0, 0.1) is 6.92 Å². The molecule has 36 heavy (non-hydrogen) atoms. The van der Waals surface area contributed by atoms with Gasteiger partial charge in [0.25, 0.3) is 5.91 Å². The van der Waals surface area contributed by atoms with E-state index in [1.54, 1.807) is 0 Å². The third-order valence-electron chi connectivity index (χ3n) is 7.70. The number of carbonyl (C=O) groups is 1. The number of hydrogen-bond acceptors (Lipinski definition) is 3. The predicted molar refractivity (Wildman–Crippen MR) is 155 cm³/mol. The summed E-state index contributed by atoms with van der Waals surface area (Å²) in [5.41, 5.74) is 3.93. The Morgan fingerprint density at radius 2 is 1.56 bits per heavy atom. The van der Waals surface area contributed by atoms with E-state index in [2.05, 4.69) is 42.1 Å². The number of fused-ring (bicyclic) bond motifs is 1. The molecule has 1 aliphatic rings. The summed E-state index contributed by atoms with van der Waals surface area (Å²) in [6, 6.07) is 3.89. The van der Waals surface area contributed by atoms with Gasteiger partial charge in [-0.05, 0) is 64.3 Å². The van der Waals surface area contributed by atoms with Crippen LogP contribution < -0.4 is 0 Å². The van der Waals surface area contributed by atoms with Crippen molar-refractivity contribution in [3.8, 4) is 5.75 Å². The number of halogens is 1. The van der Waals surface area contributed by atoms with Crippen LogP contribution in [0.2, 0.25) is 0 Å². The second-order valence-electron chi connectivity index (χ2n) is 10.5. The highest BCUT2D eigenvalue weighted by molar-refractivity contribution is 6.10. The number of likely N-dealkylation sites (tertiary alicyclic amines) is 1. The summed E-state index contributed by atoms with van der Waals surface area (Å²) in [4.78, 5) is 18.7. The van der Waals surface area contributed by atoms with E-state index in [0.717, 1.165) is 92.6 Å². The van der Waals surface area contributed by atoms with Crippen molar-refractivity contribution in [2.45, 2.75) is 111 Å². The van der Waals surface area contributed by atoms with E-state index in [0.29, 0.717) is 12.3 Å². The number of hydrogen-bond donors (Lipinski definition) is 1. The third kappa shape index (κ3) is 7.41. The molecule has 0 atom stereocenters. The van der Waals surface area contributed by atoms with Gasteiger partial charge in [0.05, 0.1) is 5.56 Å². The van der Waals surface area contributed by atoms with Crippen LogP contribution in [0.5, 0.6) is 5.75 Å². The first kappa shape index (κ1) is 30.5. The average Bonchev–Trinajstić information content (AvgIpc) is 3.15. The van der Waals surface area contributed by atoms with Crippen molar-refractivity contribution < 1.29 is 9.90 Å². The highest BCUT2D eigenvalue weighted by atomic mass is 35.5. The Bertz CT molecular complexity index is 942. The fraction of sp³-hybridized carbons (Fsp3) is 0.700. The lowest BCUT2D eigenvalue weighted by molar-refractivity contribution is 0.0752. The van der Waals surface area contributed by atoms with Gasteiger partial charge >= 0.3 is 0 Å². The van der Waals surface area contributed by atoms with Gasteiger partial charge in [0.2, 0.25) is 0 Å². The zero-order chi connectivity index (χ0) is 25.2. The number of aromatic hydroxyl groups is 1. The van der Waals surface area contributed by atoms with Crippen molar-refractivity contribution in [3.63, 3.8) is 0 Å². The summed E-state index contributed by atoms with van der Waals surface area (Å²) < 4.78 is 2.36. The molecule has 204 valence electrons. The molecule has 1 aromatic heterocycles. The van der Waals surface area contributed by atoms with Gasteiger partial charge in [-0.25, -0.2) is 0 Å². The van der Waals surface area contributed by atoms with Gasteiger partial charge < -0.3 is 14.6 Å². The molecule has 0 spiro atoms. The second-order valence-corrected chi connectivity index (χ2v) is 10.5. The predicted octanol–water partition coefficient (Wildman–Crippen LogP) is 7.69. The quantitative estimate of drug-likeness (QED) is 0.260. The molecular weight excluding hydrogens is 470 g/mol. The van der Waals surface area contributed by atoms with Gasteiger partial charge in [-0.2, -0.15) is 0 Å². The van der Waals surface area contributed by atoms with Crippen LogP contribution in [0.3, 0.4) is 0 Å². The van der Waals surface area contributed by atoms with Gasteiger partial charge in [-0.3, -0.25) is 9.69 Å². The molecule has 0 radical (unpaired) electrons. The van der Waals surface area contributed by atoms with Crippen molar-refractivity contribution in [1.29, 1.82) is 0 Å². The van der Waals surface area contributed by atoms with Gasteiger partial charge in [0.1, 0.15) is 5.75 Å². The first-order valence-electron chi connectivity index (χ1n) is 14.4. The van der Waals surface area contributed by atoms with Crippen LogP contribution in [-0.4, -0.2) is 51.6 Å². The number of rotatable bonds is 14. The number of phenolic OH excluding ortho intramolecular Hbond substituents is 1. The van der Waals surface area contributed by atoms with Crippen LogP contribution in [-0.2, 0) is 13.1 Å². The molecule has 1 amide bonds. The standard InChI is InChI=1S/C30H49N3O2.ClH/c1-5-8-11-15-22-33-24(4)28(30(35)32(20-9-6-2)21-10-7-3)29-25(27(34)17-16-26(29)33)23-31-18-13-12-14-19-31;/h16-17,34H,5-15,18-23H2,1-4H3;1H. The van der Waals surface area contributed by atoms with E-state index >= 15 is 0 Å². The second kappa shape index (κ2) is 15.5. The number of phenols is 1. The number of nitrogens with zero attached hydrogens (tertiary/aromatic N) is 3. The topological polar surface area (TPSA) is 48.7 Å². The summed E-state index contributed by atoms with van der Waals surface area (Å²) in [5.74, 6) is 0.473. The van der Waals surface area contributed by atoms with E-state index < -0.39 is 0 Å².